The lowest BCUT2D eigenvalue weighted by Gasteiger charge is -2.11. The molecule has 0 heterocycles. The third-order valence-corrected chi connectivity index (χ3v) is 1.80. The predicted octanol–water partition coefficient (Wildman–Crippen LogP) is 2.63. The first-order chi connectivity index (χ1) is 5.61. The van der Waals surface area contributed by atoms with E-state index >= 15 is 0 Å². The highest BCUT2D eigenvalue weighted by Gasteiger charge is 1.98. The van der Waals surface area contributed by atoms with Gasteiger partial charge in [0.2, 0.25) is 0 Å². The molecule has 0 saturated heterocycles. The Morgan fingerprint density at radius 3 is 2.33 bits per heavy atom. The van der Waals surface area contributed by atoms with Crippen LogP contribution in [0.4, 0.5) is 0 Å². The van der Waals surface area contributed by atoms with E-state index in [2.05, 4.69) is 32.2 Å². The molecule has 0 rings (SSSR count). The number of nitrogens with zero attached hydrogens (tertiary/aromatic N) is 1. The van der Waals surface area contributed by atoms with Gasteiger partial charge in [0.15, 0.2) is 0 Å². The summed E-state index contributed by atoms with van der Waals surface area (Å²) in [4.78, 5) is 2.15. The minimum Gasteiger partial charge on any atom is -0.309 e. The van der Waals surface area contributed by atoms with E-state index in [0.29, 0.717) is 0 Å². The van der Waals surface area contributed by atoms with Gasteiger partial charge in [-0.3, -0.25) is 0 Å². The molecule has 1 heteroatoms. The zero-order chi connectivity index (χ0) is 9.56. The van der Waals surface area contributed by atoms with Gasteiger partial charge in [0.1, 0.15) is 0 Å². The Kier molecular flexibility index (Phi) is 5.39. The Labute approximate surface area is 76.1 Å². The maximum Gasteiger partial charge on any atom is 0.00157 e. The van der Waals surface area contributed by atoms with Crippen LogP contribution in [0, 0.1) is 0 Å². The van der Waals surface area contributed by atoms with Crippen molar-refractivity contribution in [1.29, 1.82) is 0 Å². The molecular formula is C11H19N. The standard InChI is InChI=1S/C11H19N/c1-6-11(7-2)10(3)8-9-12(4)5/h6-7H,1,3,8-9H2,2,4-5H3/b11-7+. The van der Waals surface area contributed by atoms with Gasteiger partial charge in [-0.2, -0.15) is 0 Å². The quantitative estimate of drug-likeness (QED) is 0.566. The summed E-state index contributed by atoms with van der Waals surface area (Å²) >= 11 is 0. The van der Waals surface area contributed by atoms with E-state index in [4.69, 9.17) is 0 Å². The van der Waals surface area contributed by atoms with Crippen LogP contribution in [0.15, 0.2) is 36.5 Å². The topological polar surface area (TPSA) is 3.24 Å². The average Bonchev–Trinajstić information content (AvgIpc) is 2.03. The summed E-state index contributed by atoms with van der Waals surface area (Å²) in [5.74, 6) is 0. The summed E-state index contributed by atoms with van der Waals surface area (Å²) in [5.41, 5.74) is 2.33. The minimum atomic E-state index is 1.01. The van der Waals surface area contributed by atoms with Gasteiger partial charge in [0, 0.05) is 6.54 Å². The van der Waals surface area contributed by atoms with Crippen molar-refractivity contribution < 1.29 is 0 Å². The van der Waals surface area contributed by atoms with Crippen LogP contribution >= 0.6 is 0 Å². The average molecular weight is 165 g/mol. The smallest absolute Gasteiger partial charge is 0.00157 e. The number of allylic oxidation sites excluding steroid dienone is 3. The molecule has 0 saturated carbocycles. The van der Waals surface area contributed by atoms with E-state index in [1.807, 2.05) is 19.1 Å². The van der Waals surface area contributed by atoms with Crippen LogP contribution in [-0.2, 0) is 0 Å². The van der Waals surface area contributed by atoms with Gasteiger partial charge in [-0.15, -0.1) is 0 Å². The Morgan fingerprint density at radius 1 is 1.42 bits per heavy atom. The first kappa shape index (κ1) is 11.2. The molecule has 0 aromatic heterocycles. The van der Waals surface area contributed by atoms with Gasteiger partial charge in [-0.05, 0) is 38.6 Å². The SMILES string of the molecule is C=C/C(=C\C)C(=C)CCN(C)C. The van der Waals surface area contributed by atoms with Gasteiger partial charge in [0.25, 0.3) is 0 Å². The van der Waals surface area contributed by atoms with Crippen LogP contribution in [0.1, 0.15) is 13.3 Å². The fraction of sp³-hybridized carbons (Fsp3) is 0.455. The van der Waals surface area contributed by atoms with Crippen molar-refractivity contribution in [1.82, 2.24) is 4.90 Å². The molecule has 0 fully saturated rings. The summed E-state index contributed by atoms with van der Waals surface area (Å²) in [6.07, 6.45) is 4.92. The van der Waals surface area contributed by atoms with Crippen molar-refractivity contribution in [2.45, 2.75) is 13.3 Å². The molecule has 12 heavy (non-hydrogen) atoms. The van der Waals surface area contributed by atoms with Gasteiger partial charge in [-0.25, -0.2) is 0 Å². The zero-order valence-corrected chi connectivity index (χ0v) is 8.43. The molecule has 1 nitrogen and oxygen atoms in total. The normalized spacial score (nSPS) is 11.8. The van der Waals surface area contributed by atoms with E-state index in [0.717, 1.165) is 18.5 Å². The molecule has 0 atom stereocenters. The Balaban J connectivity index is 3.95. The second-order valence-corrected chi connectivity index (χ2v) is 3.10. The van der Waals surface area contributed by atoms with Crippen molar-refractivity contribution in [2.75, 3.05) is 20.6 Å². The number of hydrogen-bond donors (Lipinski definition) is 0. The summed E-state index contributed by atoms with van der Waals surface area (Å²) in [7, 11) is 4.13. The van der Waals surface area contributed by atoms with Crippen LogP contribution in [0.3, 0.4) is 0 Å². The molecule has 0 aromatic rings. The van der Waals surface area contributed by atoms with Gasteiger partial charge in [0.05, 0.1) is 0 Å². The number of hydrogen-bond acceptors (Lipinski definition) is 1. The Morgan fingerprint density at radius 2 is 2.00 bits per heavy atom. The Hall–Kier alpha value is -0.820. The molecule has 0 aromatic carbocycles. The predicted molar refractivity (Wildman–Crippen MR) is 56.3 cm³/mol. The third-order valence-electron chi connectivity index (χ3n) is 1.80. The van der Waals surface area contributed by atoms with Gasteiger partial charge in [-0.1, -0.05) is 25.3 Å². The Bertz CT molecular complexity index is 187. The van der Waals surface area contributed by atoms with E-state index < -0.39 is 0 Å². The molecule has 68 valence electrons. The molecule has 0 amide bonds. The molecule has 0 aliphatic rings. The second kappa shape index (κ2) is 5.78. The highest BCUT2D eigenvalue weighted by molar-refractivity contribution is 5.36. The van der Waals surface area contributed by atoms with Crippen molar-refractivity contribution >= 4 is 0 Å². The molecule has 0 N–H and O–H groups in total. The molecule has 0 unspecified atom stereocenters. The van der Waals surface area contributed by atoms with Crippen molar-refractivity contribution in [3.63, 3.8) is 0 Å². The molecule has 0 aliphatic heterocycles. The monoisotopic (exact) mass is 165 g/mol. The fourth-order valence-corrected chi connectivity index (χ4v) is 0.969. The zero-order valence-electron chi connectivity index (χ0n) is 8.43. The lowest BCUT2D eigenvalue weighted by Crippen LogP contribution is -2.13. The van der Waals surface area contributed by atoms with Crippen LogP contribution in [0.5, 0.6) is 0 Å². The summed E-state index contributed by atoms with van der Waals surface area (Å²) in [5, 5.41) is 0. The molecule has 0 bridgehead atoms. The van der Waals surface area contributed by atoms with Crippen molar-refractivity contribution in [3.05, 3.63) is 36.5 Å². The first-order valence-electron chi connectivity index (χ1n) is 4.23. The largest absolute Gasteiger partial charge is 0.309 e. The van der Waals surface area contributed by atoms with Crippen LogP contribution in [0.25, 0.3) is 0 Å². The van der Waals surface area contributed by atoms with E-state index in [-0.39, 0.29) is 0 Å². The highest BCUT2D eigenvalue weighted by Crippen LogP contribution is 2.12. The van der Waals surface area contributed by atoms with Gasteiger partial charge < -0.3 is 4.90 Å². The minimum absolute atomic E-state index is 1.01. The van der Waals surface area contributed by atoms with Crippen LogP contribution in [-0.4, -0.2) is 25.5 Å². The maximum atomic E-state index is 4.00. The number of rotatable bonds is 5. The van der Waals surface area contributed by atoms with E-state index in [1.165, 1.54) is 5.57 Å². The summed E-state index contributed by atoms with van der Waals surface area (Å²) < 4.78 is 0. The molecule has 0 spiro atoms. The van der Waals surface area contributed by atoms with Crippen molar-refractivity contribution in [2.24, 2.45) is 0 Å². The lowest BCUT2D eigenvalue weighted by molar-refractivity contribution is 0.414. The van der Waals surface area contributed by atoms with Crippen molar-refractivity contribution in [3.8, 4) is 0 Å². The first-order valence-corrected chi connectivity index (χ1v) is 4.23. The summed E-state index contributed by atoms with van der Waals surface area (Å²) in [6, 6.07) is 0. The molecule has 0 radical (unpaired) electrons. The third kappa shape index (κ3) is 4.14. The fourth-order valence-electron chi connectivity index (χ4n) is 0.969. The molecular weight excluding hydrogens is 146 g/mol. The highest BCUT2D eigenvalue weighted by atomic mass is 15.0. The van der Waals surface area contributed by atoms with Gasteiger partial charge >= 0.3 is 0 Å². The van der Waals surface area contributed by atoms with Crippen LogP contribution < -0.4 is 0 Å². The maximum absolute atomic E-state index is 4.00. The second-order valence-electron chi connectivity index (χ2n) is 3.10. The molecule has 0 aliphatic carbocycles. The van der Waals surface area contributed by atoms with E-state index in [9.17, 15) is 0 Å². The van der Waals surface area contributed by atoms with E-state index in [1.54, 1.807) is 0 Å². The van der Waals surface area contributed by atoms with Crippen LogP contribution in [0.2, 0.25) is 0 Å². The summed E-state index contributed by atoms with van der Waals surface area (Å²) in [6.45, 7) is 10.8. The lowest BCUT2D eigenvalue weighted by atomic mass is 10.0.